The number of benzene rings is 1. The molecule has 3 unspecified atom stereocenters. The Kier molecular flexibility index (Phi) is 5.38. The van der Waals surface area contributed by atoms with Gasteiger partial charge in [0.05, 0.1) is 17.0 Å². The molecular weight excluding hydrogens is 387 g/mol. The van der Waals surface area contributed by atoms with E-state index in [0.717, 1.165) is 25.9 Å². The van der Waals surface area contributed by atoms with Gasteiger partial charge in [-0.05, 0) is 49.8 Å². The molecule has 1 aliphatic carbocycles. The molecule has 0 bridgehead atoms. The van der Waals surface area contributed by atoms with Gasteiger partial charge in [-0.15, -0.1) is 0 Å². The van der Waals surface area contributed by atoms with Crippen molar-refractivity contribution >= 4 is 10.9 Å². The second kappa shape index (κ2) is 7.85. The van der Waals surface area contributed by atoms with Crippen LogP contribution in [-0.2, 0) is 0 Å². The van der Waals surface area contributed by atoms with E-state index in [1.54, 1.807) is 11.5 Å². The lowest BCUT2D eigenvalue weighted by Gasteiger charge is -2.30. The van der Waals surface area contributed by atoms with Crippen LogP contribution in [0, 0.1) is 35.9 Å². The number of nitrogen functional groups attached to an aromatic ring is 1. The summed E-state index contributed by atoms with van der Waals surface area (Å²) >= 11 is 0. The monoisotopic (exact) mass is 414 g/mol. The third-order valence-corrected chi connectivity index (χ3v) is 6.47. The van der Waals surface area contributed by atoms with Crippen LogP contribution in [0.15, 0.2) is 15.7 Å². The minimum absolute atomic E-state index is 0.0236. The summed E-state index contributed by atoms with van der Waals surface area (Å²) in [5.41, 5.74) is 0.256. The zero-order chi connectivity index (χ0) is 21.6. The highest BCUT2D eigenvalue weighted by atomic mass is 19.1. The van der Waals surface area contributed by atoms with Crippen molar-refractivity contribution in [2.24, 2.45) is 11.8 Å². The SMILES string of the molecule is Cc1c(C(NCCC#N)C2CNCC2C)c(F)cc2c(=O)n(N)c(=O)n(C3CC3)c12. The lowest BCUT2D eigenvalue weighted by Crippen LogP contribution is -2.45. The summed E-state index contributed by atoms with van der Waals surface area (Å²) in [6, 6.07) is 2.97. The van der Waals surface area contributed by atoms with Crippen LogP contribution in [0.5, 0.6) is 0 Å². The van der Waals surface area contributed by atoms with E-state index in [-0.39, 0.29) is 23.4 Å². The van der Waals surface area contributed by atoms with Gasteiger partial charge >= 0.3 is 5.69 Å². The average molecular weight is 414 g/mol. The number of nitrogens with zero attached hydrogens (tertiary/aromatic N) is 3. The van der Waals surface area contributed by atoms with Crippen molar-refractivity contribution < 1.29 is 4.39 Å². The van der Waals surface area contributed by atoms with Gasteiger partial charge in [0.1, 0.15) is 5.82 Å². The van der Waals surface area contributed by atoms with Crippen molar-refractivity contribution in [2.45, 2.75) is 45.2 Å². The molecule has 1 saturated carbocycles. The lowest BCUT2D eigenvalue weighted by atomic mass is 9.83. The molecule has 1 saturated heterocycles. The van der Waals surface area contributed by atoms with E-state index in [1.807, 2.05) is 0 Å². The molecule has 0 radical (unpaired) electrons. The fraction of sp³-hybridized carbons (Fsp3) is 0.571. The maximum Gasteiger partial charge on any atom is 0.350 e. The van der Waals surface area contributed by atoms with Gasteiger partial charge < -0.3 is 16.5 Å². The van der Waals surface area contributed by atoms with Gasteiger partial charge in [0.2, 0.25) is 0 Å². The molecule has 8 nitrogen and oxygen atoms in total. The quantitative estimate of drug-likeness (QED) is 0.481. The fourth-order valence-electron chi connectivity index (χ4n) is 4.76. The molecular formula is C21H27FN6O2. The van der Waals surface area contributed by atoms with Crippen molar-refractivity contribution in [2.75, 3.05) is 25.5 Å². The van der Waals surface area contributed by atoms with Crippen LogP contribution in [0.1, 0.15) is 49.4 Å². The smallest absolute Gasteiger partial charge is 0.332 e. The van der Waals surface area contributed by atoms with E-state index in [1.165, 1.54) is 6.07 Å². The number of aryl methyl sites for hydroxylation is 1. The van der Waals surface area contributed by atoms with Gasteiger partial charge in [-0.25, -0.2) is 9.18 Å². The standard InChI is InChI=1S/C21H27FN6O2/c1-11-9-25-10-15(11)18(26-7-3-6-23)17-12(2)19-14(8-16(17)22)20(29)28(24)21(30)27(19)13-4-5-13/h8,11,13,15,18,25-26H,3-5,7,9-10,24H2,1-2H3. The first-order valence-corrected chi connectivity index (χ1v) is 10.4. The highest BCUT2D eigenvalue weighted by Gasteiger charge is 2.36. The Bertz CT molecular complexity index is 1140. The van der Waals surface area contributed by atoms with Gasteiger partial charge in [0, 0.05) is 37.2 Å². The summed E-state index contributed by atoms with van der Waals surface area (Å²) < 4.78 is 17.6. The number of hydrogen-bond donors (Lipinski definition) is 3. The van der Waals surface area contributed by atoms with Gasteiger partial charge in [-0.1, -0.05) is 6.92 Å². The summed E-state index contributed by atoms with van der Waals surface area (Å²) in [7, 11) is 0. The van der Waals surface area contributed by atoms with E-state index >= 15 is 4.39 Å². The van der Waals surface area contributed by atoms with Crippen molar-refractivity contribution in [3.63, 3.8) is 0 Å². The molecule has 9 heteroatoms. The Morgan fingerprint density at radius 3 is 2.73 bits per heavy atom. The molecule has 2 aliphatic rings. The number of nitrogens with one attached hydrogen (secondary N) is 2. The van der Waals surface area contributed by atoms with Crippen LogP contribution >= 0.6 is 0 Å². The van der Waals surface area contributed by atoms with E-state index in [9.17, 15) is 9.59 Å². The molecule has 160 valence electrons. The highest BCUT2D eigenvalue weighted by molar-refractivity contribution is 5.83. The minimum Gasteiger partial charge on any atom is -0.332 e. The Hall–Kier alpha value is -2.70. The molecule has 0 spiro atoms. The van der Waals surface area contributed by atoms with Crippen LogP contribution in [0.25, 0.3) is 10.9 Å². The molecule has 30 heavy (non-hydrogen) atoms. The van der Waals surface area contributed by atoms with E-state index in [2.05, 4.69) is 23.6 Å². The normalized spacial score (nSPS) is 22.3. The number of halogens is 1. The highest BCUT2D eigenvalue weighted by Crippen LogP contribution is 2.39. The first-order valence-electron chi connectivity index (χ1n) is 10.4. The molecule has 0 amide bonds. The maximum atomic E-state index is 15.5. The number of nitrogens with two attached hydrogens (primary N) is 1. The van der Waals surface area contributed by atoms with Crippen LogP contribution < -0.4 is 27.7 Å². The Morgan fingerprint density at radius 2 is 2.13 bits per heavy atom. The average Bonchev–Trinajstić information content (AvgIpc) is 3.46. The van der Waals surface area contributed by atoms with Crippen molar-refractivity contribution in [3.05, 3.63) is 43.8 Å². The van der Waals surface area contributed by atoms with Gasteiger partial charge in [0.25, 0.3) is 5.56 Å². The van der Waals surface area contributed by atoms with Crippen molar-refractivity contribution in [1.29, 1.82) is 5.26 Å². The summed E-state index contributed by atoms with van der Waals surface area (Å²) in [5, 5.41) is 15.8. The molecule has 1 aromatic carbocycles. The second-order valence-corrected chi connectivity index (χ2v) is 8.49. The predicted molar refractivity (Wildman–Crippen MR) is 112 cm³/mol. The first kappa shape index (κ1) is 20.6. The fourth-order valence-corrected chi connectivity index (χ4v) is 4.76. The lowest BCUT2D eigenvalue weighted by molar-refractivity contribution is 0.317. The Balaban J connectivity index is 1.96. The first-order chi connectivity index (χ1) is 14.4. The second-order valence-electron chi connectivity index (χ2n) is 8.49. The van der Waals surface area contributed by atoms with Crippen LogP contribution in [0.3, 0.4) is 0 Å². The van der Waals surface area contributed by atoms with E-state index in [4.69, 9.17) is 11.1 Å². The molecule has 3 atom stereocenters. The van der Waals surface area contributed by atoms with E-state index in [0.29, 0.717) is 40.2 Å². The number of rotatable bonds is 6. The number of aromatic nitrogens is 2. The number of fused-ring (bicyclic) bond motifs is 1. The maximum absolute atomic E-state index is 15.5. The summed E-state index contributed by atoms with van der Waals surface area (Å²) in [6.07, 6.45) is 1.96. The summed E-state index contributed by atoms with van der Waals surface area (Å²) in [4.78, 5) is 25.4. The number of hydrogen-bond acceptors (Lipinski definition) is 6. The Labute approximate surface area is 173 Å². The molecule has 4 rings (SSSR count). The zero-order valence-corrected chi connectivity index (χ0v) is 17.2. The molecule has 1 aromatic heterocycles. The molecule has 2 fully saturated rings. The third kappa shape index (κ3) is 3.30. The molecule has 4 N–H and O–H groups in total. The van der Waals surface area contributed by atoms with Crippen molar-refractivity contribution in [1.82, 2.24) is 19.9 Å². The number of nitriles is 1. The third-order valence-electron chi connectivity index (χ3n) is 6.47. The zero-order valence-electron chi connectivity index (χ0n) is 17.2. The van der Waals surface area contributed by atoms with Crippen LogP contribution in [-0.4, -0.2) is 28.9 Å². The molecule has 2 heterocycles. The summed E-state index contributed by atoms with van der Waals surface area (Å²) in [6.45, 7) is 5.87. The van der Waals surface area contributed by atoms with Crippen LogP contribution in [0.4, 0.5) is 4.39 Å². The molecule has 1 aliphatic heterocycles. The molecule has 2 aromatic rings. The van der Waals surface area contributed by atoms with Gasteiger partial charge in [0.15, 0.2) is 0 Å². The largest absolute Gasteiger partial charge is 0.350 e. The van der Waals surface area contributed by atoms with Gasteiger partial charge in [-0.3, -0.25) is 9.36 Å². The summed E-state index contributed by atoms with van der Waals surface area (Å²) in [5.74, 6) is 5.64. The van der Waals surface area contributed by atoms with Crippen LogP contribution in [0.2, 0.25) is 0 Å². The van der Waals surface area contributed by atoms with Gasteiger partial charge in [-0.2, -0.15) is 9.94 Å². The Morgan fingerprint density at radius 1 is 1.40 bits per heavy atom. The predicted octanol–water partition coefficient (Wildman–Crippen LogP) is 1.06. The van der Waals surface area contributed by atoms with E-state index < -0.39 is 17.1 Å². The van der Waals surface area contributed by atoms with Crippen molar-refractivity contribution in [3.8, 4) is 6.07 Å². The topological polar surface area (TPSA) is 118 Å². The minimum atomic E-state index is -0.689.